The van der Waals surface area contributed by atoms with Crippen LogP contribution < -0.4 is 5.73 Å². The van der Waals surface area contributed by atoms with E-state index in [4.69, 9.17) is 11.3 Å². The molecular formula is C12H14N4. The van der Waals surface area contributed by atoms with E-state index >= 15 is 0 Å². The molecule has 16 heavy (non-hydrogen) atoms. The van der Waals surface area contributed by atoms with Crippen molar-refractivity contribution in [3.63, 3.8) is 0 Å². The normalized spacial score (nSPS) is 8.81. The van der Waals surface area contributed by atoms with Crippen LogP contribution in [0, 0.1) is 11.8 Å². The van der Waals surface area contributed by atoms with Gasteiger partial charge < -0.3 is 5.73 Å². The minimum Gasteiger partial charge on any atom is -0.330 e. The summed E-state index contributed by atoms with van der Waals surface area (Å²) in [5, 5.41) is 3.42. The Hall–Kier alpha value is -1.95. The van der Waals surface area contributed by atoms with Crippen LogP contribution in [0.4, 0.5) is 0 Å². The van der Waals surface area contributed by atoms with Gasteiger partial charge in [-0.15, -0.1) is 0 Å². The van der Waals surface area contributed by atoms with Gasteiger partial charge in [-0.3, -0.25) is 0 Å². The van der Waals surface area contributed by atoms with Crippen molar-refractivity contribution in [1.29, 1.82) is 0 Å². The molecule has 0 atom stereocenters. The number of nitrogens with zero attached hydrogens (tertiary/aromatic N) is 3. The summed E-state index contributed by atoms with van der Waals surface area (Å²) in [6.07, 6.45) is 1.42. The third-order valence-corrected chi connectivity index (χ3v) is 2.05. The van der Waals surface area contributed by atoms with Crippen molar-refractivity contribution in [3.8, 4) is 11.8 Å². The van der Waals surface area contributed by atoms with E-state index in [-0.39, 0.29) is 0 Å². The molecule has 0 fully saturated rings. The van der Waals surface area contributed by atoms with Crippen molar-refractivity contribution in [3.05, 3.63) is 45.8 Å². The number of azide groups is 1. The van der Waals surface area contributed by atoms with Crippen LogP contribution in [0.25, 0.3) is 10.4 Å². The molecule has 0 bridgehead atoms. The maximum Gasteiger partial charge on any atom is 0.0367 e. The molecule has 1 aromatic rings. The molecule has 0 aliphatic carbocycles. The first kappa shape index (κ1) is 12.1. The predicted molar refractivity (Wildman–Crippen MR) is 64.7 cm³/mol. The minimum atomic E-state index is 0.419. The Morgan fingerprint density at radius 3 is 2.94 bits per heavy atom. The molecule has 0 aromatic heterocycles. The van der Waals surface area contributed by atoms with E-state index in [2.05, 4.69) is 21.9 Å². The smallest absolute Gasteiger partial charge is 0.0367 e. The highest BCUT2D eigenvalue weighted by atomic mass is 15.1. The van der Waals surface area contributed by atoms with Gasteiger partial charge in [-0.05, 0) is 30.1 Å². The molecule has 4 nitrogen and oxygen atoms in total. The van der Waals surface area contributed by atoms with Crippen LogP contribution in [0.1, 0.15) is 17.5 Å². The predicted octanol–water partition coefficient (Wildman–Crippen LogP) is 2.24. The molecule has 0 unspecified atom stereocenters. The molecule has 1 aromatic carbocycles. The fourth-order valence-corrected chi connectivity index (χ4v) is 1.32. The maximum atomic E-state index is 8.09. The van der Waals surface area contributed by atoms with Gasteiger partial charge in [0.1, 0.15) is 0 Å². The van der Waals surface area contributed by atoms with Crippen LogP contribution in [0.15, 0.2) is 29.4 Å². The standard InChI is InChI=1S/C12H14N4/c13-9-8-12-6-2-1-5-11(12)7-3-4-10-15-16-14/h1-2,5-6H,4,8-10,13H2. The Balaban J connectivity index is 2.67. The van der Waals surface area contributed by atoms with E-state index in [0.29, 0.717) is 19.5 Å². The third kappa shape index (κ3) is 4.05. The Bertz CT molecular complexity index is 436. The van der Waals surface area contributed by atoms with Gasteiger partial charge in [-0.1, -0.05) is 35.2 Å². The summed E-state index contributed by atoms with van der Waals surface area (Å²) >= 11 is 0. The average Bonchev–Trinajstić information content (AvgIpc) is 2.31. The number of hydrogen-bond acceptors (Lipinski definition) is 2. The van der Waals surface area contributed by atoms with Crippen molar-refractivity contribution < 1.29 is 0 Å². The average molecular weight is 214 g/mol. The molecule has 0 heterocycles. The lowest BCUT2D eigenvalue weighted by atomic mass is 10.1. The van der Waals surface area contributed by atoms with E-state index in [0.717, 1.165) is 12.0 Å². The quantitative estimate of drug-likeness (QED) is 0.269. The third-order valence-electron chi connectivity index (χ3n) is 2.05. The molecule has 2 N–H and O–H groups in total. The lowest BCUT2D eigenvalue weighted by Crippen LogP contribution is -2.04. The van der Waals surface area contributed by atoms with Crippen LogP contribution in [0.3, 0.4) is 0 Å². The van der Waals surface area contributed by atoms with Gasteiger partial charge in [-0.2, -0.15) is 0 Å². The van der Waals surface area contributed by atoms with Crippen molar-refractivity contribution in [1.82, 2.24) is 0 Å². The second kappa shape index (κ2) is 7.36. The molecule has 0 saturated heterocycles. The molecule has 0 saturated carbocycles. The maximum absolute atomic E-state index is 8.09. The van der Waals surface area contributed by atoms with E-state index in [1.54, 1.807) is 0 Å². The fourth-order valence-electron chi connectivity index (χ4n) is 1.32. The summed E-state index contributed by atoms with van der Waals surface area (Å²) in [6.45, 7) is 1.04. The summed E-state index contributed by atoms with van der Waals surface area (Å²) in [6, 6.07) is 7.95. The summed E-state index contributed by atoms with van der Waals surface area (Å²) < 4.78 is 0. The summed E-state index contributed by atoms with van der Waals surface area (Å²) in [7, 11) is 0. The first-order valence-electron chi connectivity index (χ1n) is 5.16. The largest absolute Gasteiger partial charge is 0.330 e. The molecule has 0 amide bonds. The molecule has 0 spiro atoms. The van der Waals surface area contributed by atoms with Crippen LogP contribution in [0.5, 0.6) is 0 Å². The van der Waals surface area contributed by atoms with Crippen molar-refractivity contribution in [2.75, 3.05) is 13.1 Å². The second-order valence-electron chi connectivity index (χ2n) is 3.20. The van der Waals surface area contributed by atoms with Gasteiger partial charge in [-0.25, -0.2) is 0 Å². The Morgan fingerprint density at radius 2 is 2.19 bits per heavy atom. The van der Waals surface area contributed by atoms with Crippen molar-refractivity contribution in [2.45, 2.75) is 12.8 Å². The SMILES string of the molecule is [N-]=[N+]=NCCC#Cc1ccccc1CCN. The number of hydrogen-bond donors (Lipinski definition) is 1. The molecule has 0 aliphatic heterocycles. The minimum absolute atomic E-state index is 0.419. The van der Waals surface area contributed by atoms with E-state index in [1.165, 1.54) is 5.56 Å². The molecule has 82 valence electrons. The van der Waals surface area contributed by atoms with Crippen LogP contribution in [-0.2, 0) is 6.42 Å². The lowest BCUT2D eigenvalue weighted by molar-refractivity contribution is 0.965. The van der Waals surface area contributed by atoms with Crippen molar-refractivity contribution >= 4 is 0 Å². The van der Waals surface area contributed by atoms with E-state index < -0.39 is 0 Å². The fraction of sp³-hybridized carbons (Fsp3) is 0.333. The Kier molecular flexibility index (Phi) is 5.57. The number of nitrogens with two attached hydrogens (primary N) is 1. The summed E-state index contributed by atoms with van der Waals surface area (Å²) in [5.74, 6) is 6.05. The van der Waals surface area contributed by atoms with Crippen LogP contribution in [0.2, 0.25) is 0 Å². The van der Waals surface area contributed by atoms with E-state index in [9.17, 15) is 0 Å². The van der Waals surface area contributed by atoms with Gasteiger partial charge in [0, 0.05) is 23.4 Å². The van der Waals surface area contributed by atoms with Gasteiger partial charge in [0.15, 0.2) is 0 Å². The van der Waals surface area contributed by atoms with Gasteiger partial charge in [0.2, 0.25) is 0 Å². The molecule has 0 aliphatic rings. The second-order valence-corrected chi connectivity index (χ2v) is 3.20. The lowest BCUT2D eigenvalue weighted by Gasteiger charge is -2.01. The summed E-state index contributed by atoms with van der Waals surface area (Å²) in [5.41, 5.74) is 15.8. The molecule has 0 radical (unpaired) electrons. The first-order chi connectivity index (χ1) is 7.88. The summed E-state index contributed by atoms with van der Waals surface area (Å²) in [4.78, 5) is 2.67. The van der Waals surface area contributed by atoms with Crippen LogP contribution in [-0.4, -0.2) is 13.1 Å². The number of rotatable bonds is 4. The highest BCUT2D eigenvalue weighted by Crippen LogP contribution is 2.07. The molecular weight excluding hydrogens is 200 g/mol. The topological polar surface area (TPSA) is 74.8 Å². The zero-order valence-electron chi connectivity index (χ0n) is 9.06. The zero-order valence-corrected chi connectivity index (χ0v) is 9.06. The van der Waals surface area contributed by atoms with Crippen molar-refractivity contribution in [2.24, 2.45) is 10.8 Å². The monoisotopic (exact) mass is 214 g/mol. The van der Waals surface area contributed by atoms with Crippen LogP contribution >= 0.6 is 0 Å². The molecule has 1 rings (SSSR count). The Morgan fingerprint density at radius 1 is 1.38 bits per heavy atom. The van der Waals surface area contributed by atoms with Gasteiger partial charge in [0.25, 0.3) is 0 Å². The van der Waals surface area contributed by atoms with Gasteiger partial charge in [0.05, 0.1) is 0 Å². The zero-order chi connectivity index (χ0) is 11.6. The first-order valence-corrected chi connectivity index (χ1v) is 5.16. The van der Waals surface area contributed by atoms with E-state index in [1.807, 2.05) is 24.3 Å². The highest BCUT2D eigenvalue weighted by Gasteiger charge is 1.96. The van der Waals surface area contributed by atoms with Gasteiger partial charge >= 0.3 is 0 Å². The molecule has 4 heteroatoms. The highest BCUT2D eigenvalue weighted by molar-refractivity contribution is 5.41. The Labute approximate surface area is 95.1 Å². The number of benzene rings is 1.